The van der Waals surface area contributed by atoms with Gasteiger partial charge in [-0.15, -0.1) is 0 Å². The van der Waals surface area contributed by atoms with Gasteiger partial charge in [0.1, 0.15) is 6.10 Å². The fourth-order valence-corrected chi connectivity index (χ4v) is 3.83. The van der Waals surface area contributed by atoms with Crippen LogP contribution in [0, 0.1) is 0 Å². The van der Waals surface area contributed by atoms with Gasteiger partial charge in [0.25, 0.3) is 11.7 Å². The van der Waals surface area contributed by atoms with E-state index in [1.54, 1.807) is 24.3 Å². The van der Waals surface area contributed by atoms with E-state index in [1.165, 1.54) is 0 Å². The lowest BCUT2D eigenvalue weighted by Crippen LogP contribution is -2.53. The molecular formula is C17H21F2N3O2S2. The van der Waals surface area contributed by atoms with Gasteiger partial charge < -0.3 is 19.9 Å². The maximum absolute atomic E-state index is 12.4. The topological polar surface area (TPSA) is 44.8 Å². The van der Waals surface area contributed by atoms with Crippen molar-refractivity contribution in [2.75, 3.05) is 38.1 Å². The molecule has 5 nitrogen and oxygen atoms in total. The van der Waals surface area contributed by atoms with E-state index in [0.717, 1.165) is 18.5 Å². The highest BCUT2D eigenvalue weighted by Crippen LogP contribution is 2.26. The second-order valence-electron chi connectivity index (χ2n) is 6.15. The Balaban J connectivity index is 1.46. The zero-order valence-corrected chi connectivity index (χ0v) is 15.8. The van der Waals surface area contributed by atoms with E-state index in [0.29, 0.717) is 54.6 Å². The number of ether oxygens (including phenoxy) is 1. The first-order chi connectivity index (χ1) is 12.5. The van der Waals surface area contributed by atoms with Crippen LogP contribution in [0.5, 0.6) is 0 Å². The van der Waals surface area contributed by atoms with E-state index in [4.69, 9.17) is 17.0 Å². The number of alkyl halides is 2. The monoisotopic (exact) mass is 401 g/mol. The fourth-order valence-electron chi connectivity index (χ4n) is 3.03. The Morgan fingerprint density at radius 2 is 1.85 bits per heavy atom. The van der Waals surface area contributed by atoms with Crippen molar-refractivity contribution in [1.82, 2.24) is 9.80 Å². The normalized spacial score (nSPS) is 20.5. The SMILES string of the molecule is O=C(C1CCCO1)N1CCN(C(=S)Nc2ccc(SC(F)F)cc2)CC1. The van der Waals surface area contributed by atoms with E-state index >= 15 is 0 Å². The number of nitrogens with zero attached hydrogens (tertiary/aromatic N) is 2. The molecule has 0 aromatic heterocycles. The van der Waals surface area contributed by atoms with Gasteiger partial charge >= 0.3 is 0 Å². The summed E-state index contributed by atoms with van der Waals surface area (Å²) in [6.07, 6.45) is 1.47. The van der Waals surface area contributed by atoms with E-state index in [1.807, 2.05) is 9.80 Å². The molecule has 0 aliphatic carbocycles. The molecule has 0 bridgehead atoms. The van der Waals surface area contributed by atoms with Gasteiger partial charge in [0.2, 0.25) is 0 Å². The Labute approximate surface area is 161 Å². The predicted molar refractivity (Wildman–Crippen MR) is 102 cm³/mol. The van der Waals surface area contributed by atoms with Gasteiger partial charge in [-0.3, -0.25) is 4.79 Å². The van der Waals surface area contributed by atoms with Crippen LogP contribution in [-0.2, 0) is 9.53 Å². The zero-order valence-electron chi connectivity index (χ0n) is 14.2. The lowest BCUT2D eigenvalue weighted by molar-refractivity contribution is -0.142. The molecule has 1 unspecified atom stereocenters. The molecule has 9 heteroatoms. The summed E-state index contributed by atoms with van der Waals surface area (Å²) in [6, 6.07) is 6.74. The average Bonchev–Trinajstić information content (AvgIpc) is 3.17. The molecule has 2 fully saturated rings. The summed E-state index contributed by atoms with van der Waals surface area (Å²) in [5, 5.41) is 3.70. The van der Waals surface area contributed by atoms with Crippen molar-refractivity contribution in [2.45, 2.75) is 29.6 Å². The van der Waals surface area contributed by atoms with Crippen molar-refractivity contribution >= 4 is 40.7 Å². The number of halogens is 2. The van der Waals surface area contributed by atoms with Crippen LogP contribution in [0.15, 0.2) is 29.2 Å². The van der Waals surface area contributed by atoms with Crippen molar-refractivity contribution in [3.05, 3.63) is 24.3 Å². The molecule has 1 aromatic rings. The van der Waals surface area contributed by atoms with Crippen LogP contribution in [0.4, 0.5) is 14.5 Å². The summed E-state index contributed by atoms with van der Waals surface area (Å²) in [6.45, 7) is 3.21. The molecule has 2 heterocycles. The maximum atomic E-state index is 12.4. The highest BCUT2D eigenvalue weighted by molar-refractivity contribution is 7.99. The third kappa shape index (κ3) is 5.05. The molecule has 26 heavy (non-hydrogen) atoms. The average molecular weight is 402 g/mol. The molecule has 142 valence electrons. The number of carbonyl (C=O) groups is 1. The van der Waals surface area contributed by atoms with Crippen LogP contribution >= 0.6 is 24.0 Å². The van der Waals surface area contributed by atoms with Crippen molar-refractivity contribution in [2.24, 2.45) is 0 Å². The highest BCUT2D eigenvalue weighted by Gasteiger charge is 2.30. The van der Waals surface area contributed by atoms with Crippen LogP contribution in [0.25, 0.3) is 0 Å². The van der Waals surface area contributed by atoms with Crippen molar-refractivity contribution in [3.8, 4) is 0 Å². The smallest absolute Gasteiger partial charge is 0.288 e. The number of anilines is 1. The minimum atomic E-state index is -2.43. The molecule has 1 amide bonds. The Kier molecular flexibility index (Phi) is 6.66. The van der Waals surface area contributed by atoms with Crippen LogP contribution in [0.3, 0.4) is 0 Å². The molecule has 0 saturated carbocycles. The molecule has 2 aliphatic rings. The van der Waals surface area contributed by atoms with Crippen LogP contribution < -0.4 is 5.32 Å². The number of thioether (sulfide) groups is 1. The van der Waals surface area contributed by atoms with Crippen molar-refractivity contribution in [3.63, 3.8) is 0 Å². The van der Waals surface area contributed by atoms with E-state index in [-0.39, 0.29) is 12.0 Å². The van der Waals surface area contributed by atoms with Gasteiger partial charge in [-0.1, -0.05) is 11.8 Å². The molecular weight excluding hydrogens is 380 g/mol. The van der Waals surface area contributed by atoms with Gasteiger partial charge in [-0.25, -0.2) is 0 Å². The van der Waals surface area contributed by atoms with Crippen molar-refractivity contribution < 1.29 is 18.3 Å². The maximum Gasteiger partial charge on any atom is 0.288 e. The number of benzene rings is 1. The number of carbonyl (C=O) groups excluding carboxylic acids is 1. The molecule has 0 spiro atoms. The predicted octanol–water partition coefficient (Wildman–Crippen LogP) is 3.02. The summed E-state index contributed by atoms with van der Waals surface area (Å²) in [5.41, 5.74) is 0.756. The van der Waals surface area contributed by atoms with Gasteiger partial charge in [-0.2, -0.15) is 8.78 Å². The summed E-state index contributed by atoms with van der Waals surface area (Å²) in [4.78, 5) is 16.7. The van der Waals surface area contributed by atoms with Crippen LogP contribution in [-0.4, -0.2) is 65.5 Å². The highest BCUT2D eigenvalue weighted by atomic mass is 32.2. The standard InChI is InChI=1S/C17H21F2N3O2S2/c18-16(19)26-13-5-3-12(4-6-13)20-17(25)22-9-7-21(8-10-22)15(23)14-2-1-11-24-14/h3-6,14,16H,1-2,7-11H2,(H,20,25). The van der Waals surface area contributed by atoms with Gasteiger partial charge in [0, 0.05) is 43.4 Å². The minimum absolute atomic E-state index is 0.0770. The molecule has 3 rings (SSSR count). The molecule has 2 saturated heterocycles. The third-order valence-electron chi connectivity index (χ3n) is 4.41. The van der Waals surface area contributed by atoms with Gasteiger partial charge in [0.15, 0.2) is 5.11 Å². The number of hydrogen-bond donors (Lipinski definition) is 1. The van der Waals surface area contributed by atoms with Gasteiger partial charge in [-0.05, 0) is 49.3 Å². The number of rotatable bonds is 4. The first-order valence-electron chi connectivity index (χ1n) is 8.54. The number of nitrogens with one attached hydrogen (secondary N) is 1. The van der Waals surface area contributed by atoms with E-state index in [2.05, 4.69) is 5.32 Å². The first-order valence-corrected chi connectivity index (χ1v) is 9.83. The molecule has 1 aromatic carbocycles. The lowest BCUT2D eigenvalue weighted by atomic mass is 10.2. The summed E-state index contributed by atoms with van der Waals surface area (Å²) >= 11 is 5.95. The third-order valence-corrected chi connectivity index (χ3v) is 5.50. The van der Waals surface area contributed by atoms with E-state index < -0.39 is 5.76 Å². The molecule has 2 aliphatic heterocycles. The molecule has 1 N–H and O–H groups in total. The number of piperazine rings is 1. The lowest BCUT2D eigenvalue weighted by Gasteiger charge is -2.37. The second kappa shape index (κ2) is 8.96. The molecule has 1 atom stereocenters. The fraction of sp³-hybridized carbons (Fsp3) is 0.529. The Hall–Kier alpha value is -1.45. The largest absolute Gasteiger partial charge is 0.368 e. The number of thiocarbonyl (C=S) groups is 1. The number of hydrogen-bond acceptors (Lipinski definition) is 4. The summed E-state index contributed by atoms with van der Waals surface area (Å²) in [5.74, 6) is -2.35. The van der Waals surface area contributed by atoms with Crippen LogP contribution in [0.2, 0.25) is 0 Å². The quantitative estimate of drug-likeness (QED) is 0.618. The Morgan fingerprint density at radius 3 is 2.42 bits per heavy atom. The van der Waals surface area contributed by atoms with E-state index in [9.17, 15) is 13.6 Å². The molecule has 0 radical (unpaired) electrons. The number of amides is 1. The van der Waals surface area contributed by atoms with Crippen molar-refractivity contribution in [1.29, 1.82) is 0 Å². The zero-order chi connectivity index (χ0) is 18.5. The second-order valence-corrected chi connectivity index (χ2v) is 7.60. The Morgan fingerprint density at radius 1 is 1.19 bits per heavy atom. The van der Waals surface area contributed by atoms with Gasteiger partial charge in [0.05, 0.1) is 0 Å². The minimum Gasteiger partial charge on any atom is -0.368 e. The first kappa shape index (κ1) is 19.3. The summed E-state index contributed by atoms with van der Waals surface area (Å²) in [7, 11) is 0. The Bertz CT molecular complexity index is 631. The van der Waals surface area contributed by atoms with Crippen LogP contribution in [0.1, 0.15) is 12.8 Å². The summed E-state index contributed by atoms with van der Waals surface area (Å²) < 4.78 is 30.2.